The fourth-order valence-electron chi connectivity index (χ4n) is 3.03. The lowest BCUT2D eigenvalue weighted by atomic mass is 10.0. The van der Waals surface area contributed by atoms with E-state index in [1.807, 2.05) is 18.9 Å². The fraction of sp³-hybridized carbons (Fsp3) is 0.611. The number of aryl methyl sites for hydroxylation is 2. The van der Waals surface area contributed by atoms with E-state index in [1.165, 1.54) is 23.4 Å². The second-order valence-electron chi connectivity index (χ2n) is 6.65. The molecule has 0 radical (unpaired) electrons. The highest BCUT2D eigenvalue weighted by molar-refractivity contribution is 14.0. The average molecular weight is 559 g/mol. The normalized spacial score (nSPS) is 14.3. The van der Waals surface area contributed by atoms with Crippen LogP contribution in [0, 0.1) is 0 Å². The number of aliphatic imine (C=N–C) groups is 1. The quantitative estimate of drug-likeness (QED) is 0.315. The zero-order valence-electron chi connectivity index (χ0n) is 16.4. The Morgan fingerprint density at radius 1 is 1.24 bits per heavy atom. The second kappa shape index (κ2) is 10.9. The summed E-state index contributed by atoms with van der Waals surface area (Å²) in [6.07, 6.45) is 0.634. The summed E-state index contributed by atoms with van der Waals surface area (Å²) < 4.78 is 37.9. The van der Waals surface area contributed by atoms with Crippen LogP contribution in [0.5, 0.6) is 0 Å². The lowest BCUT2D eigenvalue weighted by Crippen LogP contribution is -2.38. The summed E-state index contributed by atoms with van der Waals surface area (Å²) in [6.45, 7) is 3.75. The van der Waals surface area contributed by atoms with Gasteiger partial charge in [-0.3, -0.25) is 4.99 Å². The molecule has 1 N–H and O–H groups in total. The van der Waals surface area contributed by atoms with Crippen LogP contribution in [0.2, 0.25) is 0 Å². The van der Waals surface area contributed by atoms with Crippen LogP contribution in [0.3, 0.4) is 0 Å². The molecule has 2 aromatic rings. The number of halogens is 4. The van der Waals surface area contributed by atoms with Gasteiger partial charge in [0.05, 0.1) is 17.2 Å². The Morgan fingerprint density at radius 2 is 2.00 bits per heavy atom. The molecule has 29 heavy (non-hydrogen) atoms. The molecule has 0 unspecified atom stereocenters. The van der Waals surface area contributed by atoms with Crippen LogP contribution in [0.25, 0.3) is 0 Å². The van der Waals surface area contributed by atoms with E-state index in [-0.39, 0.29) is 24.0 Å². The van der Waals surface area contributed by atoms with E-state index in [2.05, 4.69) is 15.3 Å². The summed E-state index contributed by atoms with van der Waals surface area (Å²) in [5.41, 5.74) is 0.416. The van der Waals surface area contributed by atoms with Crippen LogP contribution in [-0.4, -0.2) is 41.0 Å². The number of nitrogens with one attached hydrogen (secondary N) is 1. The monoisotopic (exact) mass is 559 g/mol. The number of guanidine groups is 1. The van der Waals surface area contributed by atoms with Crippen LogP contribution in [0.15, 0.2) is 10.4 Å². The van der Waals surface area contributed by atoms with Crippen molar-refractivity contribution in [2.24, 2.45) is 4.99 Å². The molecule has 0 fully saturated rings. The summed E-state index contributed by atoms with van der Waals surface area (Å²) in [6, 6.07) is 0. The predicted molar refractivity (Wildman–Crippen MR) is 122 cm³/mol. The number of rotatable bonds is 6. The molecule has 1 aliphatic rings. The van der Waals surface area contributed by atoms with Gasteiger partial charge < -0.3 is 10.2 Å². The zero-order chi connectivity index (χ0) is 20.1. The third-order valence-corrected chi connectivity index (χ3v) is 6.44. The molecule has 0 spiro atoms. The molecular formula is C18H25F3IN5S2. The molecule has 0 amide bonds. The Balaban J connectivity index is 0.00000300. The Labute approximate surface area is 193 Å². The van der Waals surface area contributed by atoms with Crippen molar-refractivity contribution in [2.45, 2.75) is 51.7 Å². The third kappa shape index (κ3) is 6.78. The molecule has 5 nitrogen and oxygen atoms in total. The maximum absolute atomic E-state index is 12.6. The first kappa shape index (κ1) is 24.3. The van der Waals surface area contributed by atoms with Gasteiger partial charge in [-0.15, -0.1) is 46.7 Å². The first-order chi connectivity index (χ1) is 13.4. The topological polar surface area (TPSA) is 53.4 Å². The van der Waals surface area contributed by atoms with E-state index in [0.717, 1.165) is 40.5 Å². The summed E-state index contributed by atoms with van der Waals surface area (Å²) >= 11 is 2.80. The predicted octanol–water partition coefficient (Wildman–Crippen LogP) is 4.76. The highest BCUT2D eigenvalue weighted by Crippen LogP contribution is 2.30. The molecule has 2 aromatic heterocycles. The maximum Gasteiger partial charge on any atom is 0.434 e. The molecule has 162 valence electrons. The van der Waals surface area contributed by atoms with Crippen LogP contribution in [0.1, 0.15) is 46.0 Å². The molecule has 3 rings (SSSR count). The van der Waals surface area contributed by atoms with Crippen molar-refractivity contribution in [2.75, 3.05) is 20.1 Å². The van der Waals surface area contributed by atoms with Crippen molar-refractivity contribution >= 4 is 52.6 Å². The van der Waals surface area contributed by atoms with Crippen LogP contribution in [-0.2, 0) is 32.0 Å². The van der Waals surface area contributed by atoms with E-state index >= 15 is 0 Å². The van der Waals surface area contributed by atoms with E-state index < -0.39 is 11.9 Å². The van der Waals surface area contributed by atoms with Crippen molar-refractivity contribution in [3.05, 3.63) is 31.7 Å². The Kier molecular flexibility index (Phi) is 9.14. The first-order valence-electron chi connectivity index (χ1n) is 9.35. The van der Waals surface area contributed by atoms with Crippen LogP contribution >= 0.6 is 46.7 Å². The summed E-state index contributed by atoms with van der Waals surface area (Å²) in [7, 11) is 1.95. The van der Waals surface area contributed by atoms with Crippen molar-refractivity contribution in [1.29, 1.82) is 0 Å². The van der Waals surface area contributed by atoms with E-state index in [4.69, 9.17) is 4.98 Å². The molecule has 0 aliphatic heterocycles. The van der Waals surface area contributed by atoms with Crippen molar-refractivity contribution in [3.63, 3.8) is 0 Å². The first-order valence-corrected chi connectivity index (χ1v) is 11.0. The van der Waals surface area contributed by atoms with Crippen LogP contribution in [0.4, 0.5) is 13.2 Å². The molecular weight excluding hydrogens is 534 g/mol. The van der Waals surface area contributed by atoms with E-state index in [0.29, 0.717) is 31.1 Å². The van der Waals surface area contributed by atoms with Gasteiger partial charge in [-0.1, -0.05) is 0 Å². The standard InChI is InChI=1S/C18H24F3N5S2.HI/c1-3-22-17(23-9-8-15-25-14(11-27-15)18(19,20)21)26(2)10-16-24-12-6-4-5-7-13(12)28-16;/h11H,3-10H2,1-2H3,(H,22,23);1H. The molecule has 11 heteroatoms. The molecule has 2 heterocycles. The fourth-order valence-corrected chi connectivity index (χ4v) is 5.04. The second-order valence-corrected chi connectivity index (χ2v) is 8.76. The number of hydrogen-bond donors (Lipinski definition) is 1. The van der Waals surface area contributed by atoms with Gasteiger partial charge in [-0.25, -0.2) is 9.97 Å². The van der Waals surface area contributed by atoms with Crippen molar-refractivity contribution in [3.8, 4) is 0 Å². The largest absolute Gasteiger partial charge is 0.434 e. The minimum absolute atomic E-state index is 0. The van der Waals surface area contributed by atoms with E-state index in [9.17, 15) is 13.2 Å². The molecule has 0 saturated heterocycles. The highest BCUT2D eigenvalue weighted by Gasteiger charge is 2.33. The molecule has 0 bridgehead atoms. The van der Waals surface area contributed by atoms with Gasteiger partial charge in [0.25, 0.3) is 0 Å². The minimum Gasteiger partial charge on any atom is -0.357 e. The minimum atomic E-state index is -4.39. The highest BCUT2D eigenvalue weighted by atomic mass is 127. The molecule has 0 aromatic carbocycles. The average Bonchev–Trinajstić information content (AvgIpc) is 3.26. The van der Waals surface area contributed by atoms with Crippen molar-refractivity contribution < 1.29 is 13.2 Å². The summed E-state index contributed by atoms with van der Waals surface area (Å²) in [4.78, 5) is 16.4. The molecule has 0 atom stereocenters. The number of thiazole rings is 2. The maximum atomic E-state index is 12.6. The third-order valence-electron chi connectivity index (χ3n) is 4.39. The van der Waals surface area contributed by atoms with Crippen LogP contribution < -0.4 is 5.32 Å². The van der Waals surface area contributed by atoms with Gasteiger partial charge in [-0.05, 0) is 32.6 Å². The number of hydrogen-bond acceptors (Lipinski definition) is 5. The Bertz CT molecular complexity index is 795. The Morgan fingerprint density at radius 3 is 2.66 bits per heavy atom. The smallest absolute Gasteiger partial charge is 0.357 e. The SMILES string of the molecule is CCNC(=NCCc1nc(C(F)(F)F)cs1)N(C)Cc1nc2c(s1)CCCC2.I. The van der Waals surface area contributed by atoms with Gasteiger partial charge in [0.15, 0.2) is 11.7 Å². The van der Waals surface area contributed by atoms with Gasteiger partial charge >= 0.3 is 6.18 Å². The lowest BCUT2D eigenvalue weighted by Gasteiger charge is -2.20. The van der Waals surface area contributed by atoms with Gasteiger partial charge in [0.1, 0.15) is 5.01 Å². The van der Waals surface area contributed by atoms with Gasteiger partial charge in [0.2, 0.25) is 0 Å². The lowest BCUT2D eigenvalue weighted by molar-refractivity contribution is -0.140. The number of alkyl halides is 3. The Hall–Kier alpha value is -0.950. The van der Waals surface area contributed by atoms with Gasteiger partial charge in [-0.2, -0.15) is 13.2 Å². The molecule has 1 aliphatic carbocycles. The number of aromatic nitrogens is 2. The molecule has 0 saturated carbocycles. The summed E-state index contributed by atoms with van der Waals surface area (Å²) in [5, 5.41) is 5.82. The number of fused-ring (bicyclic) bond motifs is 1. The van der Waals surface area contributed by atoms with E-state index in [1.54, 1.807) is 11.3 Å². The zero-order valence-corrected chi connectivity index (χ0v) is 20.3. The van der Waals surface area contributed by atoms with Crippen molar-refractivity contribution in [1.82, 2.24) is 20.2 Å². The number of nitrogens with zero attached hydrogens (tertiary/aromatic N) is 4. The van der Waals surface area contributed by atoms with Gasteiger partial charge in [0, 0.05) is 36.8 Å². The summed E-state index contributed by atoms with van der Waals surface area (Å²) in [5.74, 6) is 0.725.